The summed E-state index contributed by atoms with van der Waals surface area (Å²) in [6.07, 6.45) is -4.00. The summed E-state index contributed by atoms with van der Waals surface area (Å²) in [6.45, 7) is 1.73. The number of rotatable bonds is 5. The van der Waals surface area contributed by atoms with Crippen LogP contribution in [0, 0.1) is 0 Å². The summed E-state index contributed by atoms with van der Waals surface area (Å²) >= 11 is 0. The second-order valence-electron chi connectivity index (χ2n) is 5.58. The zero-order chi connectivity index (χ0) is 18.7. The van der Waals surface area contributed by atoms with E-state index in [1.165, 1.54) is 0 Å². The number of hydrogen-bond acceptors (Lipinski definition) is 6. The first-order valence-electron chi connectivity index (χ1n) is 7.61. The second-order valence-corrected chi connectivity index (χ2v) is 5.58. The van der Waals surface area contributed by atoms with Gasteiger partial charge in [0.15, 0.2) is 0 Å². The van der Waals surface area contributed by atoms with Gasteiger partial charge in [-0.1, -0.05) is 0 Å². The highest BCUT2D eigenvalue weighted by atomic mass is 19.4. The Morgan fingerprint density at radius 2 is 1.72 bits per heavy atom. The van der Waals surface area contributed by atoms with Gasteiger partial charge in [0.1, 0.15) is 6.54 Å². The fourth-order valence-corrected chi connectivity index (χ4v) is 2.57. The van der Waals surface area contributed by atoms with Crippen molar-refractivity contribution in [1.29, 1.82) is 0 Å². The van der Waals surface area contributed by atoms with E-state index in [0.717, 1.165) is 12.2 Å². The number of piperazine rings is 1. The average molecular weight is 364 g/mol. The minimum absolute atomic E-state index is 0.0792. The molecular weight excluding hydrogens is 347 g/mol. The van der Waals surface area contributed by atoms with E-state index in [-0.39, 0.29) is 18.7 Å². The summed E-state index contributed by atoms with van der Waals surface area (Å²) in [6, 6.07) is 0. The van der Waals surface area contributed by atoms with Gasteiger partial charge in [0.05, 0.1) is 12.2 Å². The van der Waals surface area contributed by atoms with Crippen molar-refractivity contribution in [2.45, 2.75) is 19.0 Å². The molecule has 0 aliphatic carbocycles. The van der Waals surface area contributed by atoms with Gasteiger partial charge in [0.25, 0.3) is 0 Å². The smallest absolute Gasteiger partial charge is 0.340 e. The van der Waals surface area contributed by atoms with E-state index in [9.17, 15) is 32.3 Å². The number of nitrogens with zero attached hydrogens (tertiary/aromatic N) is 2. The van der Waals surface area contributed by atoms with Crippen molar-refractivity contribution in [3.8, 4) is 0 Å². The van der Waals surface area contributed by atoms with Crippen LogP contribution in [0.25, 0.3) is 0 Å². The molecule has 2 aliphatic rings. The molecule has 0 spiro atoms. The molecule has 0 saturated carbocycles. The highest BCUT2D eigenvalue weighted by Gasteiger charge is 2.56. The number of quaternary nitrogens is 1. The van der Waals surface area contributed by atoms with Crippen molar-refractivity contribution in [2.75, 3.05) is 32.7 Å². The molecule has 0 aromatic rings. The number of nitrogens with one attached hydrogen (secondary N) is 1. The molecule has 25 heavy (non-hydrogen) atoms. The van der Waals surface area contributed by atoms with E-state index in [0.29, 0.717) is 26.2 Å². The van der Waals surface area contributed by atoms with Crippen molar-refractivity contribution in [2.24, 2.45) is 0 Å². The minimum Gasteiger partial charge on any atom is -0.340 e. The third-order valence-electron chi connectivity index (χ3n) is 3.88. The zero-order valence-corrected chi connectivity index (χ0v) is 13.2. The maximum atomic E-state index is 12.4. The average Bonchev–Trinajstić information content (AvgIpc) is 2.83. The molecule has 2 rings (SSSR count). The Morgan fingerprint density at radius 1 is 1.16 bits per heavy atom. The minimum atomic E-state index is -5.34. The number of amides is 3. The van der Waals surface area contributed by atoms with Gasteiger partial charge in [-0.2, -0.15) is 13.2 Å². The number of hydroxylamine groups is 3. The largest absolute Gasteiger partial charge is 0.497 e. The first-order chi connectivity index (χ1) is 11.7. The summed E-state index contributed by atoms with van der Waals surface area (Å²) in [7, 11) is 0. The molecule has 11 heteroatoms. The number of imide groups is 1. The number of alkyl halides is 3. The van der Waals surface area contributed by atoms with Gasteiger partial charge in [0.2, 0.25) is 5.91 Å². The van der Waals surface area contributed by atoms with Crippen LogP contribution in [-0.2, 0) is 24.0 Å². The van der Waals surface area contributed by atoms with Crippen molar-refractivity contribution in [3.63, 3.8) is 0 Å². The van der Waals surface area contributed by atoms with E-state index in [2.05, 4.69) is 10.2 Å². The molecule has 0 aromatic heterocycles. The van der Waals surface area contributed by atoms with Crippen LogP contribution in [-0.4, -0.2) is 72.1 Å². The van der Waals surface area contributed by atoms with Crippen LogP contribution in [0.1, 0.15) is 12.8 Å². The molecule has 1 fully saturated rings. The zero-order valence-electron chi connectivity index (χ0n) is 13.2. The summed E-state index contributed by atoms with van der Waals surface area (Å²) in [5.41, 5.74) is 0. The first kappa shape index (κ1) is 19.1. The van der Waals surface area contributed by atoms with Crippen LogP contribution < -0.4 is 5.32 Å². The summed E-state index contributed by atoms with van der Waals surface area (Å²) in [5.74, 6) is -5.05. The molecule has 1 saturated heterocycles. The third kappa shape index (κ3) is 4.23. The molecule has 0 bridgehead atoms. The maximum absolute atomic E-state index is 12.4. The van der Waals surface area contributed by atoms with Gasteiger partial charge in [-0.15, -0.1) is 0 Å². The van der Waals surface area contributed by atoms with Crippen molar-refractivity contribution in [1.82, 2.24) is 10.2 Å². The lowest BCUT2D eigenvalue weighted by atomic mass is 10.2. The predicted octanol–water partition coefficient (Wildman–Crippen LogP) is -0.341. The van der Waals surface area contributed by atoms with E-state index in [4.69, 9.17) is 0 Å². The van der Waals surface area contributed by atoms with Gasteiger partial charge in [0, 0.05) is 39.0 Å². The van der Waals surface area contributed by atoms with Gasteiger partial charge in [-0.3, -0.25) is 4.79 Å². The van der Waals surface area contributed by atoms with Crippen molar-refractivity contribution >= 4 is 23.7 Å². The van der Waals surface area contributed by atoms with Crippen LogP contribution in [0.15, 0.2) is 12.2 Å². The van der Waals surface area contributed by atoms with Gasteiger partial charge in [-0.25, -0.2) is 19.2 Å². The standard InChI is InChI=1S/C14H17F3N3O5/c15-14(16,17)13(24)25-20(11(22)3-4-12(20)23)9-1-2-10(21)19-7-5-18-6-8-19/h3-4,18H,1-2,5-9H2/q+1. The Kier molecular flexibility index (Phi) is 5.58. The van der Waals surface area contributed by atoms with Gasteiger partial charge >= 0.3 is 24.0 Å². The molecule has 1 N–H and O–H groups in total. The number of hydrogen-bond donors (Lipinski definition) is 1. The van der Waals surface area contributed by atoms with Gasteiger partial charge in [-0.05, 0) is 4.65 Å². The fourth-order valence-electron chi connectivity index (χ4n) is 2.57. The lowest BCUT2D eigenvalue weighted by molar-refractivity contribution is -0.957. The van der Waals surface area contributed by atoms with Crippen LogP contribution in [0.5, 0.6) is 0 Å². The summed E-state index contributed by atoms with van der Waals surface area (Å²) < 4.78 is 35.5. The van der Waals surface area contributed by atoms with Crippen LogP contribution in [0.3, 0.4) is 0 Å². The Balaban J connectivity index is 2.00. The third-order valence-corrected chi connectivity index (χ3v) is 3.88. The Bertz CT molecular complexity index is 593. The lowest BCUT2D eigenvalue weighted by Gasteiger charge is -2.28. The molecule has 0 atom stereocenters. The van der Waals surface area contributed by atoms with E-state index < -0.39 is 35.2 Å². The second kappa shape index (κ2) is 7.31. The molecule has 0 aromatic carbocycles. The summed E-state index contributed by atoms with van der Waals surface area (Å²) in [4.78, 5) is 52.6. The van der Waals surface area contributed by atoms with Crippen molar-refractivity contribution in [3.05, 3.63) is 12.2 Å². The van der Waals surface area contributed by atoms with Crippen molar-refractivity contribution < 1.29 is 41.8 Å². The van der Waals surface area contributed by atoms with Crippen LogP contribution in [0.2, 0.25) is 0 Å². The molecule has 0 unspecified atom stereocenters. The molecule has 2 heterocycles. The Labute approximate surface area is 140 Å². The first-order valence-corrected chi connectivity index (χ1v) is 7.61. The Hall–Kier alpha value is -2.27. The van der Waals surface area contributed by atoms with Crippen LogP contribution in [0.4, 0.5) is 13.2 Å². The molecule has 0 radical (unpaired) electrons. The number of carbonyl (C=O) groups excluding carboxylic acids is 4. The quantitative estimate of drug-likeness (QED) is 0.530. The molecule has 2 aliphatic heterocycles. The predicted molar refractivity (Wildman–Crippen MR) is 75.1 cm³/mol. The number of halogens is 3. The summed E-state index contributed by atoms with van der Waals surface area (Å²) in [5, 5.41) is 3.07. The lowest BCUT2D eigenvalue weighted by Crippen LogP contribution is -2.56. The Morgan fingerprint density at radius 3 is 2.24 bits per heavy atom. The SMILES string of the molecule is O=C(CCC[N+]1(OC(=O)C(F)(F)F)C(=O)C=CC1=O)N1CCNCC1. The normalized spacial score (nSPS) is 20.0. The highest BCUT2D eigenvalue weighted by Crippen LogP contribution is 2.25. The highest BCUT2D eigenvalue weighted by molar-refractivity contribution is 6.04. The molecule has 3 amide bonds. The monoisotopic (exact) mass is 364 g/mol. The molecular formula is C14H17F3N3O5+. The van der Waals surface area contributed by atoms with Gasteiger partial charge < -0.3 is 10.2 Å². The van der Waals surface area contributed by atoms with Crippen LogP contribution >= 0.6 is 0 Å². The topological polar surface area (TPSA) is 92.8 Å². The molecule has 8 nitrogen and oxygen atoms in total. The molecule has 138 valence electrons. The number of carbonyl (C=O) groups is 4. The fraction of sp³-hybridized carbons (Fsp3) is 0.571. The van der Waals surface area contributed by atoms with E-state index >= 15 is 0 Å². The van der Waals surface area contributed by atoms with E-state index in [1.807, 2.05) is 0 Å². The maximum Gasteiger partial charge on any atom is 0.497 e. The van der Waals surface area contributed by atoms with E-state index in [1.54, 1.807) is 4.90 Å².